The van der Waals surface area contributed by atoms with E-state index in [-0.39, 0.29) is 5.91 Å². The van der Waals surface area contributed by atoms with Crippen LogP contribution in [-0.4, -0.2) is 15.9 Å². The molecule has 0 atom stereocenters. The monoisotopic (exact) mass is 323 g/mol. The van der Waals surface area contributed by atoms with Crippen LogP contribution < -0.4 is 5.32 Å². The first-order valence-corrected chi connectivity index (χ1v) is 8.39. The molecular weight excluding hydrogens is 306 g/mol. The minimum absolute atomic E-state index is 0.0107. The van der Waals surface area contributed by atoms with Gasteiger partial charge in [-0.2, -0.15) is 0 Å². The third kappa shape index (κ3) is 4.47. The number of carbonyl (C=O) groups excluding carboxylic acids is 1. The van der Waals surface area contributed by atoms with Crippen molar-refractivity contribution in [2.24, 2.45) is 0 Å². The fourth-order valence-corrected chi connectivity index (χ4v) is 3.00. The molecule has 1 N–H and O–H groups in total. The van der Waals surface area contributed by atoms with E-state index in [1.807, 2.05) is 35.7 Å². The molecule has 2 aromatic heterocycles. The van der Waals surface area contributed by atoms with Crippen molar-refractivity contribution in [3.05, 3.63) is 65.8 Å². The van der Waals surface area contributed by atoms with Gasteiger partial charge in [0.25, 0.3) is 0 Å². The van der Waals surface area contributed by atoms with Crippen molar-refractivity contribution in [2.75, 3.05) is 5.32 Å². The first kappa shape index (κ1) is 15.4. The molecule has 3 aromatic rings. The molecule has 0 aliphatic rings. The zero-order valence-corrected chi connectivity index (χ0v) is 13.4. The van der Waals surface area contributed by atoms with Gasteiger partial charge in [0.15, 0.2) is 5.13 Å². The summed E-state index contributed by atoms with van der Waals surface area (Å²) in [5.41, 5.74) is 3.12. The van der Waals surface area contributed by atoms with E-state index in [0.29, 0.717) is 11.6 Å². The van der Waals surface area contributed by atoms with Crippen LogP contribution in [0.15, 0.2) is 60.2 Å². The summed E-state index contributed by atoms with van der Waals surface area (Å²) in [6.45, 7) is 0. The van der Waals surface area contributed by atoms with Crippen LogP contribution in [-0.2, 0) is 11.2 Å². The van der Waals surface area contributed by atoms with Crippen molar-refractivity contribution >= 4 is 22.4 Å². The molecule has 0 saturated heterocycles. The summed E-state index contributed by atoms with van der Waals surface area (Å²) >= 11 is 1.44. The predicted molar refractivity (Wildman–Crippen MR) is 93.4 cm³/mol. The summed E-state index contributed by atoms with van der Waals surface area (Å²) in [5.74, 6) is 0.0107. The van der Waals surface area contributed by atoms with Crippen LogP contribution >= 0.6 is 11.3 Å². The molecule has 0 radical (unpaired) electrons. The predicted octanol–water partition coefficient (Wildman–Crippen LogP) is 4.17. The van der Waals surface area contributed by atoms with Gasteiger partial charge in [-0.05, 0) is 30.5 Å². The van der Waals surface area contributed by atoms with Gasteiger partial charge in [0.1, 0.15) is 0 Å². The number of thiazole rings is 1. The van der Waals surface area contributed by atoms with Crippen molar-refractivity contribution in [3.8, 4) is 11.3 Å². The van der Waals surface area contributed by atoms with Crippen LogP contribution in [0.3, 0.4) is 0 Å². The second-order valence-electron chi connectivity index (χ2n) is 5.16. The summed E-state index contributed by atoms with van der Waals surface area (Å²) in [5, 5.41) is 5.45. The minimum atomic E-state index is 0.0107. The average Bonchev–Trinajstić information content (AvgIpc) is 3.05. The van der Waals surface area contributed by atoms with Crippen molar-refractivity contribution in [3.63, 3.8) is 0 Å². The maximum absolute atomic E-state index is 12.0. The Bertz CT molecular complexity index is 756. The van der Waals surface area contributed by atoms with Crippen LogP contribution in [0, 0.1) is 0 Å². The summed E-state index contributed by atoms with van der Waals surface area (Å²) in [4.78, 5) is 20.4. The number of benzene rings is 1. The third-order valence-electron chi connectivity index (χ3n) is 3.44. The number of hydrogen-bond donors (Lipinski definition) is 1. The standard InChI is InChI=1S/C18H17N3OS/c22-17(8-4-7-14-5-2-1-3-6-14)21-18-20-16(13-23-18)15-9-11-19-12-10-15/h1-3,5-6,9-13H,4,7-8H2,(H,20,21,22). The fraction of sp³-hybridized carbons (Fsp3) is 0.167. The lowest BCUT2D eigenvalue weighted by molar-refractivity contribution is -0.116. The number of pyridine rings is 1. The quantitative estimate of drug-likeness (QED) is 0.741. The van der Waals surface area contributed by atoms with Gasteiger partial charge < -0.3 is 5.32 Å². The normalized spacial score (nSPS) is 10.4. The van der Waals surface area contributed by atoms with E-state index in [1.165, 1.54) is 16.9 Å². The van der Waals surface area contributed by atoms with E-state index in [0.717, 1.165) is 24.1 Å². The second-order valence-corrected chi connectivity index (χ2v) is 6.02. The van der Waals surface area contributed by atoms with Crippen molar-refractivity contribution in [2.45, 2.75) is 19.3 Å². The van der Waals surface area contributed by atoms with Gasteiger partial charge in [-0.15, -0.1) is 11.3 Å². The lowest BCUT2D eigenvalue weighted by atomic mass is 10.1. The minimum Gasteiger partial charge on any atom is -0.302 e. The van der Waals surface area contributed by atoms with Crippen molar-refractivity contribution < 1.29 is 4.79 Å². The number of amides is 1. The molecule has 1 amide bonds. The number of aryl methyl sites for hydroxylation is 1. The summed E-state index contributed by atoms with van der Waals surface area (Å²) in [7, 11) is 0. The largest absolute Gasteiger partial charge is 0.302 e. The maximum Gasteiger partial charge on any atom is 0.226 e. The molecule has 2 heterocycles. The molecule has 23 heavy (non-hydrogen) atoms. The SMILES string of the molecule is O=C(CCCc1ccccc1)Nc1nc(-c2ccncc2)cs1. The Balaban J connectivity index is 1.49. The molecule has 0 unspecified atom stereocenters. The molecule has 0 aliphatic carbocycles. The maximum atomic E-state index is 12.0. The number of carbonyl (C=O) groups is 1. The highest BCUT2D eigenvalue weighted by Gasteiger charge is 2.08. The van der Waals surface area contributed by atoms with E-state index in [9.17, 15) is 4.79 Å². The van der Waals surface area contributed by atoms with Crippen LogP contribution in [0.5, 0.6) is 0 Å². The van der Waals surface area contributed by atoms with Gasteiger partial charge in [0, 0.05) is 29.8 Å². The molecule has 1 aromatic carbocycles. The number of rotatable bonds is 6. The smallest absolute Gasteiger partial charge is 0.226 e. The highest BCUT2D eigenvalue weighted by Crippen LogP contribution is 2.24. The lowest BCUT2D eigenvalue weighted by Gasteiger charge is -2.02. The third-order valence-corrected chi connectivity index (χ3v) is 4.20. The van der Waals surface area contributed by atoms with Crippen LogP contribution in [0.2, 0.25) is 0 Å². The fourth-order valence-electron chi connectivity index (χ4n) is 2.27. The Kier molecular flexibility index (Phi) is 5.11. The van der Waals surface area contributed by atoms with Crippen LogP contribution in [0.25, 0.3) is 11.3 Å². The molecule has 4 nitrogen and oxygen atoms in total. The number of nitrogens with zero attached hydrogens (tertiary/aromatic N) is 2. The average molecular weight is 323 g/mol. The van der Waals surface area contributed by atoms with Crippen LogP contribution in [0.1, 0.15) is 18.4 Å². The van der Waals surface area contributed by atoms with Gasteiger partial charge in [-0.3, -0.25) is 9.78 Å². The first-order valence-electron chi connectivity index (χ1n) is 7.51. The Morgan fingerprint density at radius 3 is 2.65 bits per heavy atom. The molecule has 0 aliphatic heterocycles. The Hall–Kier alpha value is -2.53. The number of nitrogens with one attached hydrogen (secondary N) is 1. The van der Waals surface area contributed by atoms with E-state index in [2.05, 4.69) is 27.4 Å². The summed E-state index contributed by atoms with van der Waals surface area (Å²) in [6, 6.07) is 14.0. The van der Waals surface area contributed by atoms with Gasteiger partial charge >= 0.3 is 0 Å². The lowest BCUT2D eigenvalue weighted by Crippen LogP contribution is -2.11. The summed E-state index contributed by atoms with van der Waals surface area (Å²) < 4.78 is 0. The van der Waals surface area contributed by atoms with Crippen molar-refractivity contribution in [1.29, 1.82) is 0 Å². The number of hydrogen-bond acceptors (Lipinski definition) is 4. The number of aromatic nitrogens is 2. The van der Waals surface area contributed by atoms with Gasteiger partial charge in [-0.25, -0.2) is 4.98 Å². The van der Waals surface area contributed by atoms with E-state index >= 15 is 0 Å². The molecule has 0 fully saturated rings. The van der Waals surface area contributed by atoms with Crippen LogP contribution in [0.4, 0.5) is 5.13 Å². The molecule has 116 valence electrons. The Morgan fingerprint density at radius 2 is 1.87 bits per heavy atom. The second kappa shape index (κ2) is 7.65. The van der Waals surface area contributed by atoms with E-state index < -0.39 is 0 Å². The Labute approximate surface area is 139 Å². The van der Waals surface area contributed by atoms with E-state index in [1.54, 1.807) is 12.4 Å². The zero-order chi connectivity index (χ0) is 15.9. The molecule has 5 heteroatoms. The van der Waals surface area contributed by atoms with Crippen molar-refractivity contribution in [1.82, 2.24) is 9.97 Å². The molecule has 0 bridgehead atoms. The van der Waals surface area contributed by atoms with Gasteiger partial charge in [0.05, 0.1) is 5.69 Å². The molecule has 0 spiro atoms. The molecular formula is C18H17N3OS. The van der Waals surface area contributed by atoms with E-state index in [4.69, 9.17) is 0 Å². The number of anilines is 1. The van der Waals surface area contributed by atoms with Gasteiger partial charge in [-0.1, -0.05) is 30.3 Å². The summed E-state index contributed by atoms with van der Waals surface area (Å²) in [6.07, 6.45) is 5.71. The highest BCUT2D eigenvalue weighted by molar-refractivity contribution is 7.14. The highest BCUT2D eigenvalue weighted by atomic mass is 32.1. The Morgan fingerprint density at radius 1 is 1.09 bits per heavy atom. The van der Waals surface area contributed by atoms with Gasteiger partial charge in [0.2, 0.25) is 5.91 Å². The molecule has 3 rings (SSSR count). The molecule has 0 saturated carbocycles. The zero-order valence-electron chi connectivity index (χ0n) is 12.6. The topological polar surface area (TPSA) is 54.9 Å². The first-order chi connectivity index (χ1) is 11.3.